The smallest absolute Gasteiger partial charge is 0.499 e. The number of hydrogen-bond donors (Lipinski definition) is 2. The van der Waals surface area contributed by atoms with Crippen molar-refractivity contribution in [1.29, 1.82) is 0 Å². The molecule has 0 aliphatic heterocycles. The molecule has 5 nitrogen and oxygen atoms in total. The summed E-state index contributed by atoms with van der Waals surface area (Å²) in [5.41, 5.74) is 14.6. The number of anilines is 2. The molecule has 0 fully saturated rings. The molecule has 49 heavy (non-hydrogen) atoms. The molecule has 6 heteroatoms. The van der Waals surface area contributed by atoms with Gasteiger partial charge in [0.1, 0.15) is 22.7 Å². The summed E-state index contributed by atoms with van der Waals surface area (Å²) < 4.78 is 20.2. The van der Waals surface area contributed by atoms with Crippen LogP contribution in [0.1, 0.15) is 11.1 Å². The Labute approximate surface area is 306 Å². The summed E-state index contributed by atoms with van der Waals surface area (Å²) in [4.78, 5) is 0. The van der Waals surface area contributed by atoms with Gasteiger partial charge in [0.15, 0.2) is 0 Å². The van der Waals surface area contributed by atoms with Crippen molar-refractivity contribution < 1.29 is 44.4 Å². The summed E-state index contributed by atoms with van der Waals surface area (Å²) in [6.07, 6.45) is 5.49. The van der Waals surface area contributed by atoms with Crippen molar-refractivity contribution in [2.75, 3.05) is 18.1 Å². The van der Waals surface area contributed by atoms with Crippen molar-refractivity contribution in [1.82, 2.24) is 0 Å². The van der Waals surface area contributed by atoms with Gasteiger partial charge in [-0.1, -0.05) is 89.6 Å². The largest absolute Gasteiger partial charge is 2.00 e. The second-order valence-corrected chi connectivity index (χ2v) is 11.8. The average molecular weight is 859 g/mol. The van der Waals surface area contributed by atoms with E-state index < -0.39 is 0 Å². The maximum atomic E-state index is 6.78. The summed E-state index contributed by atoms with van der Waals surface area (Å²) >= 11 is 0. The average Bonchev–Trinajstić information content (AvgIpc) is 3.89. The van der Waals surface area contributed by atoms with E-state index in [2.05, 4.69) is 35.7 Å². The molecule has 9 rings (SSSR count). The van der Waals surface area contributed by atoms with E-state index in [1.54, 1.807) is 0 Å². The van der Waals surface area contributed by atoms with E-state index >= 15 is 0 Å². The van der Waals surface area contributed by atoms with Crippen molar-refractivity contribution in [3.8, 4) is 34.0 Å². The Morgan fingerprint density at radius 1 is 0.612 bits per heavy atom. The van der Waals surface area contributed by atoms with Gasteiger partial charge < -0.3 is 24.3 Å². The van der Waals surface area contributed by atoms with Crippen LogP contribution in [0.5, 0.6) is 0 Å². The third-order valence-corrected chi connectivity index (χ3v) is 8.82. The molecule has 0 spiro atoms. The molecule has 0 aliphatic rings. The van der Waals surface area contributed by atoms with Crippen LogP contribution in [0.3, 0.4) is 0 Å². The summed E-state index contributed by atoms with van der Waals surface area (Å²) in [6, 6.07) is 46.0. The third kappa shape index (κ3) is 5.44. The van der Waals surface area contributed by atoms with Crippen LogP contribution in [-0.2, 0) is 0 Å². The molecule has 0 unspecified atom stereocenters. The Morgan fingerprint density at radius 2 is 1.18 bits per heavy atom. The van der Waals surface area contributed by atoms with Gasteiger partial charge in [-0.15, -0.1) is 12.1 Å². The zero-order chi connectivity index (χ0) is 32.2. The fourth-order valence-corrected chi connectivity index (χ4v) is 6.42. The van der Waals surface area contributed by atoms with E-state index in [0.717, 1.165) is 83.3 Å². The normalized spacial score (nSPS) is 11.6. The minimum atomic E-state index is 0. The molecule has 0 bridgehead atoms. The standard InChI is InChI=1S/C43H28N2O3.U/c1-45-33-20-13-26(14-21-33)12-15-30-22-31-23-36(27-8-4-2-5-9-27)46-41(31)40-34-24-37(29-16-18-32(44)19-17-29)47-42(34)35-25-38(48-43(35)39(30)40)28-10-6-3-7-11-28;/h2-11,13-21,23-25,45H,44H2,1H3;/q-2;+2. The van der Waals surface area contributed by atoms with Crippen LogP contribution in [0, 0.1) is 43.3 Å². The topological polar surface area (TPSA) is 77.5 Å². The number of hydrogen-bond acceptors (Lipinski definition) is 5. The molecule has 9 aromatic rings. The second kappa shape index (κ2) is 12.6. The van der Waals surface area contributed by atoms with Crippen LogP contribution in [0.2, 0.25) is 0 Å². The van der Waals surface area contributed by atoms with E-state index in [1.807, 2.05) is 122 Å². The minimum absolute atomic E-state index is 0. The Morgan fingerprint density at radius 3 is 1.84 bits per heavy atom. The molecule has 0 aliphatic carbocycles. The van der Waals surface area contributed by atoms with Crippen molar-refractivity contribution in [3.63, 3.8) is 0 Å². The number of furan rings is 3. The number of nitrogens with two attached hydrogens (primary N) is 1. The summed E-state index contributed by atoms with van der Waals surface area (Å²) in [7, 11) is 1.91. The number of benzene rings is 6. The van der Waals surface area contributed by atoms with Gasteiger partial charge in [0.05, 0.1) is 16.7 Å². The van der Waals surface area contributed by atoms with Crippen LogP contribution in [-0.4, -0.2) is 7.05 Å². The molecule has 3 heterocycles. The van der Waals surface area contributed by atoms with E-state index in [9.17, 15) is 0 Å². The van der Waals surface area contributed by atoms with Gasteiger partial charge in [0.25, 0.3) is 0 Å². The van der Waals surface area contributed by atoms with Crippen LogP contribution >= 0.6 is 0 Å². The zero-order valence-electron chi connectivity index (χ0n) is 26.5. The zero-order valence-corrected chi connectivity index (χ0v) is 30.7. The predicted octanol–water partition coefficient (Wildman–Crippen LogP) is 11.4. The van der Waals surface area contributed by atoms with Gasteiger partial charge in [-0.05, 0) is 41.8 Å². The fourth-order valence-electron chi connectivity index (χ4n) is 6.42. The number of nitrogen functional groups attached to an aromatic ring is 1. The van der Waals surface area contributed by atoms with E-state index in [0.29, 0.717) is 16.9 Å². The molecule has 6 aromatic carbocycles. The maximum absolute atomic E-state index is 6.78. The van der Waals surface area contributed by atoms with Crippen LogP contribution in [0.4, 0.5) is 11.4 Å². The van der Waals surface area contributed by atoms with Crippen LogP contribution < -0.4 is 11.1 Å². The molecule has 232 valence electrons. The Balaban J connectivity index is 0.00000348. The van der Waals surface area contributed by atoms with Gasteiger partial charge >= 0.3 is 31.1 Å². The van der Waals surface area contributed by atoms with Gasteiger partial charge in [-0.2, -0.15) is 23.3 Å². The minimum Gasteiger partial charge on any atom is -0.499 e. The number of fused-ring (bicyclic) bond motifs is 8. The second-order valence-electron chi connectivity index (χ2n) is 11.8. The molecule has 0 saturated carbocycles. The summed E-state index contributed by atoms with van der Waals surface area (Å²) in [6.45, 7) is 0. The first kappa shape index (κ1) is 30.9. The molecule has 0 radical (unpaired) electrons. The third-order valence-electron chi connectivity index (χ3n) is 8.82. The van der Waals surface area contributed by atoms with E-state index in [-0.39, 0.29) is 31.1 Å². The predicted molar refractivity (Wildman–Crippen MR) is 196 cm³/mol. The van der Waals surface area contributed by atoms with Crippen molar-refractivity contribution >= 4 is 61.1 Å². The Hall–Kier alpha value is -5.41. The first-order chi connectivity index (χ1) is 23.6. The van der Waals surface area contributed by atoms with Gasteiger partial charge in [0, 0.05) is 40.5 Å². The molecule has 0 saturated heterocycles. The Kier molecular flexibility index (Phi) is 7.92. The van der Waals surface area contributed by atoms with Gasteiger partial charge in [-0.3, -0.25) is 0 Å². The first-order valence-corrected chi connectivity index (χ1v) is 15.8. The van der Waals surface area contributed by atoms with Crippen molar-refractivity contribution in [2.45, 2.75) is 0 Å². The van der Waals surface area contributed by atoms with E-state index in [4.69, 9.17) is 19.0 Å². The van der Waals surface area contributed by atoms with Gasteiger partial charge in [0.2, 0.25) is 0 Å². The maximum Gasteiger partial charge on any atom is 2.00 e. The monoisotopic (exact) mass is 858 g/mol. The number of rotatable bonds is 6. The van der Waals surface area contributed by atoms with Gasteiger partial charge in [-0.25, -0.2) is 6.08 Å². The van der Waals surface area contributed by atoms with Crippen molar-refractivity contribution in [2.24, 2.45) is 0 Å². The molecular weight excluding hydrogens is 831 g/mol. The molecule has 0 atom stereocenters. The summed E-state index contributed by atoms with van der Waals surface area (Å²) in [5.74, 6) is 2.23. The molecule has 0 amide bonds. The van der Waals surface area contributed by atoms with Crippen LogP contribution in [0.25, 0.3) is 83.7 Å². The quantitative estimate of drug-likeness (QED) is 0.0989. The molecule has 3 N–H and O–H groups in total. The van der Waals surface area contributed by atoms with E-state index in [1.165, 1.54) is 0 Å². The first-order valence-electron chi connectivity index (χ1n) is 15.8. The fraction of sp³-hybridized carbons (Fsp3) is 0.0233. The summed E-state index contributed by atoms with van der Waals surface area (Å²) in [5, 5.41) is 7.59. The Bertz CT molecular complexity index is 2630. The molecule has 3 aromatic heterocycles. The molecular formula is C43H28N2O3U. The van der Waals surface area contributed by atoms with Crippen molar-refractivity contribution in [3.05, 3.63) is 151 Å². The number of nitrogens with one attached hydrogen (secondary N) is 1. The van der Waals surface area contributed by atoms with Crippen LogP contribution in [0.15, 0.2) is 141 Å². The SMILES string of the molecule is CNc1ccc([C-]=Cc2[c-]c3cc(-c4ccccc4)oc3c3c4cc(-c5ccc(N)cc5)oc4c4cc(-c5ccccc5)oc4c23)cc1.[U+2].